The first-order valence-electron chi connectivity index (χ1n) is 5.06. The van der Waals surface area contributed by atoms with Crippen LogP contribution in [0.25, 0.3) is 21.5 Å². The molecule has 3 aromatic rings. The first kappa shape index (κ1) is 9.90. The van der Waals surface area contributed by atoms with Gasteiger partial charge in [-0.25, -0.2) is 0 Å². The molecule has 78 valence electrons. The van der Waals surface area contributed by atoms with Gasteiger partial charge >= 0.3 is 0 Å². The first-order valence-corrected chi connectivity index (χ1v) is 6.14. The maximum absolute atomic E-state index is 10.0. The fourth-order valence-corrected chi connectivity index (χ4v) is 2.52. The largest absolute Gasteiger partial charge is 0.506 e. The third kappa shape index (κ3) is 1.37. The maximum Gasteiger partial charge on any atom is 0.136 e. The van der Waals surface area contributed by atoms with Gasteiger partial charge in [-0.1, -0.05) is 36.4 Å². The van der Waals surface area contributed by atoms with Crippen LogP contribution in [0.15, 0.2) is 48.5 Å². The molecule has 0 amide bonds. The minimum atomic E-state index is 0.379. The van der Waals surface area contributed by atoms with Crippen LogP contribution in [0.4, 0.5) is 0 Å². The number of phenols is 1. The van der Waals surface area contributed by atoms with Gasteiger partial charge in [-0.05, 0) is 50.9 Å². The molecule has 3 rings (SSSR count). The molecule has 0 aliphatic carbocycles. The van der Waals surface area contributed by atoms with Gasteiger partial charge in [0.2, 0.25) is 0 Å². The molecule has 3 aromatic carbocycles. The van der Waals surface area contributed by atoms with E-state index in [9.17, 15) is 5.11 Å². The van der Waals surface area contributed by atoms with Crippen molar-refractivity contribution in [1.29, 1.82) is 0 Å². The minimum Gasteiger partial charge on any atom is -0.506 e. The van der Waals surface area contributed by atoms with E-state index in [0.29, 0.717) is 5.75 Å². The van der Waals surface area contributed by atoms with Crippen LogP contribution in [0, 0.1) is 3.57 Å². The second kappa shape index (κ2) is 3.63. The van der Waals surface area contributed by atoms with Gasteiger partial charge in [0, 0.05) is 5.39 Å². The van der Waals surface area contributed by atoms with Crippen molar-refractivity contribution in [2.24, 2.45) is 0 Å². The second-order valence-electron chi connectivity index (χ2n) is 3.78. The number of hydrogen-bond donors (Lipinski definition) is 1. The summed E-state index contributed by atoms with van der Waals surface area (Å²) in [7, 11) is 0. The molecular formula is C14H9IO. The van der Waals surface area contributed by atoms with E-state index in [1.165, 1.54) is 10.8 Å². The SMILES string of the molecule is Oc1c(I)ccc2c1ccc1ccccc12. The van der Waals surface area contributed by atoms with Crippen molar-refractivity contribution in [1.82, 2.24) is 0 Å². The summed E-state index contributed by atoms with van der Waals surface area (Å²) in [5.41, 5.74) is 0. The van der Waals surface area contributed by atoms with Crippen LogP contribution < -0.4 is 0 Å². The van der Waals surface area contributed by atoms with E-state index in [1.54, 1.807) is 0 Å². The summed E-state index contributed by atoms with van der Waals surface area (Å²) in [5, 5.41) is 14.4. The summed E-state index contributed by atoms with van der Waals surface area (Å²) in [4.78, 5) is 0. The Morgan fingerprint density at radius 1 is 0.750 bits per heavy atom. The average molecular weight is 320 g/mol. The molecule has 0 saturated heterocycles. The molecule has 0 aliphatic heterocycles. The van der Waals surface area contributed by atoms with E-state index < -0.39 is 0 Å². The summed E-state index contributed by atoms with van der Waals surface area (Å²) in [6.45, 7) is 0. The van der Waals surface area contributed by atoms with E-state index in [-0.39, 0.29) is 0 Å². The predicted molar refractivity (Wildman–Crippen MR) is 75.8 cm³/mol. The van der Waals surface area contributed by atoms with E-state index >= 15 is 0 Å². The molecule has 0 heterocycles. The maximum atomic E-state index is 10.0. The molecule has 0 spiro atoms. The van der Waals surface area contributed by atoms with Crippen molar-refractivity contribution in [3.05, 3.63) is 52.1 Å². The Bertz CT molecular complexity index is 689. The zero-order valence-electron chi connectivity index (χ0n) is 8.44. The highest BCUT2D eigenvalue weighted by Crippen LogP contribution is 2.33. The molecular weight excluding hydrogens is 311 g/mol. The van der Waals surface area contributed by atoms with Gasteiger partial charge in [0.15, 0.2) is 0 Å². The van der Waals surface area contributed by atoms with E-state index in [1.807, 2.05) is 30.3 Å². The molecule has 1 N–H and O–H groups in total. The van der Waals surface area contributed by atoms with E-state index in [4.69, 9.17) is 0 Å². The third-order valence-corrected chi connectivity index (χ3v) is 3.72. The number of aromatic hydroxyl groups is 1. The zero-order valence-corrected chi connectivity index (χ0v) is 10.6. The van der Waals surface area contributed by atoms with Gasteiger partial charge in [0.25, 0.3) is 0 Å². The molecule has 0 atom stereocenters. The molecule has 16 heavy (non-hydrogen) atoms. The summed E-state index contributed by atoms with van der Waals surface area (Å²) >= 11 is 2.15. The summed E-state index contributed by atoms with van der Waals surface area (Å²) in [6, 6.07) is 16.3. The molecule has 0 aromatic heterocycles. The summed E-state index contributed by atoms with van der Waals surface area (Å²) < 4.78 is 0.889. The Hall–Kier alpha value is -1.29. The van der Waals surface area contributed by atoms with Crippen LogP contribution in [0.5, 0.6) is 5.75 Å². The lowest BCUT2D eigenvalue weighted by Gasteiger charge is -2.06. The van der Waals surface area contributed by atoms with Crippen LogP contribution >= 0.6 is 22.6 Å². The quantitative estimate of drug-likeness (QED) is 0.484. The number of rotatable bonds is 0. The average Bonchev–Trinajstić information content (AvgIpc) is 2.33. The lowest BCUT2D eigenvalue weighted by Crippen LogP contribution is -1.80. The van der Waals surface area contributed by atoms with Crippen LogP contribution in [0.2, 0.25) is 0 Å². The van der Waals surface area contributed by atoms with Crippen LogP contribution in [-0.4, -0.2) is 5.11 Å². The lowest BCUT2D eigenvalue weighted by molar-refractivity contribution is 0.478. The molecule has 0 saturated carbocycles. The molecule has 0 fully saturated rings. The van der Waals surface area contributed by atoms with Gasteiger partial charge in [-0.3, -0.25) is 0 Å². The Morgan fingerprint density at radius 2 is 1.50 bits per heavy atom. The van der Waals surface area contributed by atoms with Gasteiger partial charge < -0.3 is 5.11 Å². The van der Waals surface area contributed by atoms with Crippen molar-refractivity contribution >= 4 is 44.1 Å². The number of halogens is 1. The Labute approximate surface area is 107 Å². The molecule has 0 aliphatic rings. The second-order valence-corrected chi connectivity index (χ2v) is 4.94. The Morgan fingerprint density at radius 3 is 2.38 bits per heavy atom. The molecule has 2 heteroatoms. The van der Waals surface area contributed by atoms with Crippen molar-refractivity contribution < 1.29 is 5.11 Å². The predicted octanol–water partition coefficient (Wildman–Crippen LogP) is 4.30. The molecule has 0 radical (unpaired) electrons. The van der Waals surface area contributed by atoms with Crippen molar-refractivity contribution in [3.8, 4) is 5.75 Å². The van der Waals surface area contributed by atoms with Crippen molar-refractivity contribution in [2.45, 2.75) is 0 Å². The van der Waals surface area contributed by atoms with Gasteiger partial charge in [-0.2, -0.15) is 0 Å². The van der Waals surface area contributed by atoms with Gasteiger partial charge in [0.1, 0.15) is 5.75 Å². The summed E-state index contributed by atoms with van der Waals surface area (Å²) in [6.07, 6.45) is 0. The highest BCUT2D eigenvalue weighted by atomic mass is 127. The summed E-state index contributed by atoms with van der Waals surface area (Å²) in [5.74, 6) is 0.379. The topological polar surface area (TPSA) is 20.2 Å². The van der Waals surface area contributed by atoms with E-state index in [2.05, 4.69) is 40.8 Å². The van der Waals surface area contributed by atoms with Crippen molar-refractivity contribution in [3.63, 3.8) is 0 Å². The minimum absolute atomic E-state index is 0.379. The monoisotopic (exact) mass is 320 g/mol. The van der Waals surface area contributed by atoms with Gasteiger partial charge in [-0.15, -0.1) is 0 Å². The number of fused-ring (bicyclic) bond motifs is 3. The van der Waals surface area contributed by atoms with Crippen molar-refractivity contribution in [2.75, 3.05) is 0 Å². The van der Waals surface area contributed by atoms with E-state index in [0.717, 1.165) is 14.3 Å². The Kier molecular flexibility index (Phi) is 2.24. The molecule has 0 bridgehead atoms. The Balaban J connectivity index is 2.58. The number of hydrogen-bond acceptors (Lipinski definition) is 1. The van der Waals surface area contributed by atoms with Crippen LogP contribution in [0.1, 0.15) is 0 Å². The van der Waals surface area contributed by atoms with Crippen LogP contribution in [-0.2, 0) is 0 Å². The number of benzene rings is 3. The zero-order chi connectivity index (χ0) is 11.1. The highest BCUT2D eigenvalue weighted by molar-refractivity contribution is 14.1. The first-order chi connectivity index (χ1) is 7.77. The fraction of sp³-hybridized carbons (Fsp3) is 0. The molecule has 0 unspecified atom stereocenters. The normalized spacial score (nSPS) is 11.1. The molecule has 1 nitrogen and oxygen atoms in total. The standard InChI is InChI=1S/C14H9IO/c15-13-8-7-11-10-4-2-1-3-9(10)5-6-12(11)14(13)16/h1-8,16H. The van der Waals surface area contributed by atoms with Gasteiger partial charge in [0.05, 0.1) is 3.57 Å². The lowest BCUT2D eigenvalue weighted by atomic mass is 10.0. The van der Waals surface area contributed by atoms with Crippen LogP contribution in [0.3, 0.4) is 0 Å². The fourth-order valence-electron chi connectivity index (χ4n) is 2.05. The highest BCUT2D eigenvalue weighted by Gasteiger charge is 2.06. The smallest absolute Gasteiger partial charge is 0.136 e. The third-order valence-electron chi connectivity index (χ3n) is 2.85. The number of phenolic OH excluding ortho intramolecular Hbond substituents is 1.